The molecule has 2 heterocycles. The lowest BCUT2D eigenvalue weighted by Gasteiger charge is -2.29. The maximum Gasteiger partial charge on any atom is 0.247 e. The third-order valence-corrected chi connectivity index (χ3v) is 8.08. The van der Waals surface area contributed by atoms with Gasteiger partial charge in [0.2, 0.25) is 15.0 Å². The van der Waals surface area contributed by atoms with Crippen LogP contribution in [0.1, 0.15) is 45.6 Å². The molecule has 7 nitrogen and oxygen atoms in total. The Bertz CT molecular complexity index is 1180. The molecular formula is C23H27FN4O3S. The minimum absolute atomic E-state index is 0.148. The van der Waals surface area contributed by atoms with Gasteiger partial charge < -0.3 is 9.67 Å². The summed E-state index contributed by atoms with van der Waals surface area (Å²) in [5.74, 6) is -0.0407. The molecule has 0 amide bonds. The van der Waals surface area contributed by atoms with Crippen molar-refractivity contribution in [1.82, 2.24) is 19.5 Å². The number of nitrogens with zero attached hydrogens (tertiary/aromatic N) is 4. The van der Waals surface area contributed by atoms with Gasteiger partial charge in [-0.05, 0) is 75.8 Å². The summed E-state index contributed by atoms with van der Waals surface area (Å²) in [6.07, 6.45) is 6.75. The first-order valence-corrected chi connectivity index (χ1v) is 12.4. The molecule has 1 aromatic carbocycles. The molecule has 32 heavy (non-hydrogen) atoms. The van der Waals surface area contributed by atoms with Gasteiger partial charge in [-0.25, -0.2) is 27.8 Å². The molecule has 0 unspecified atom stereocenters. The molecule has 3 aromatic rings. The molecule has 1 fully saturated rings. The van der Waals surface area contributed by atoms with Crippen LogP contribution in [0.2, 0.25) is 0 Å². The summed E-state index contributed by atoms with van der Waals surface area (Å²) >= 11 is 0. The topological polar surface area (TPSA) is 98.0 Å². The molecule has 2 aromatic heterocycles. The maximum absolute atomic E-state index is 13.5. The van der Waals surface area contributed by atoms with Crippen LogP contribution in [0.4, 0.5) is 4.39 Å². The lowest BCUT2D eigenvalue weighted by atomic mass is 9.86. The zero-order chi connectivity index (χ0) is 22.9. The van der Waals surface area contributed by atoms with Crippen molar-refractivity contribution in [2.45, 2.75) is 56.0 Å². The van der Waals surface area contributed by atoms with Crippen molar-refractivity contribution in [2.24, 2.45) is 5.92 Å². The van der Waals surface area contributed by atoms with Crippen molar-refractivity contribution < 1.29 is 17.9 Å². The van der Waals surface area contributed by atoms with E-state index in [1.165, 1.54) is 18.3 Å². The second-order valence-electron chi connectivity index (χ2n) is 8.53. The molecule has 9 heteroatoms. The van der Waals surface area contributed by atoms with Crippen LogP contribution in [0, 0.1) is 11.7 Å². The molecule has 0 aliphatic heterocycles. The van der Waals surface area contributed by atoms with Crippen LogP contribution in [0.3, 0.4) is 0 Å². The van der Waals surface area contributed by atoms with E-state index in [2.05, 4.69) is 15.0 Å². The van der Waals surface area contributed by atoms with E-state index >= 15 is 0 Å². The lowest BCUT2D eigenvalue weighted by Crippen LogP contribution is -2.21. The third-order valence-electron chi connectivity index (χ3n) is 6.13. The molecular weight excluding hydrogens is 431 g/mol. The zero-order valence-corrected chi connectivity index (χ0v) is 19.0. The van der Waals surface area contributed by atoms with Gasteiger partial charge in [-0.15, -0.1) is 0 Å². The predicted molar refractivity (Wildman–Crippen MR) is 119 cm³/mol. The smallest absolute Gasteiger partial charge is 0.247 e. The number of aliphatic hydroxyl groups excluding tert-OH is 1. The van der Waals surface area contributed by atoms with E-state index in [4.69, 9.17) is 0 Å². The number of halogens is 1. The van der Waals surface area contributed by atoms with Gasteiger partial charge in [-0.3, -0.25) is 0 Å². The highest BCUT2D eigenvalue weighted by Gasteiger charge is 2.28. The van der Waals surface area contributed by atoms with Gasteiger partial charge >= 0.3 is 0 Å². The summed E-state index contributed by atoms with van der Waals surface area (Å²) < 4.78 is 40.9. The summed E-state index contributed by atoms with van der Waals surface area (Å²) in [4.78, 5) is 13.1. The summed E-state index contributed by atoms with van der Waals surface area (Å²) in [7, 11) is -3.65. The van der Waals surface area contributed by atoms with E-state index in [9.17, 15) is 17.9 Å². The van der Waals surface area contributed by atoms with E-state index in [1.807, 2.05) is 4.57 Å². The van der Waals surface area contributed by atoms with Crippen molar-refractivity contribution in [3.05, 3.63) is 48.7 Å². The van der Waals surface area contributed by atoms with Crippen molar-refractivity contribution in [2.75, 3.05) is 6.61 Å². The van der Waals surface area contributed by atoms with Crippen LogP contribution in [0.15, 0.2) is 48.0 Å². The number of imidazole rings is 1. The number of aromatic nitrogens is 4. The van der Waals surface area contributed by atoms with Gasteiger partial charge in [0.05, 0.1) is 28.7 Å². The van der Waals surface area contributed by atoms with Crippen molar-refractivity contribution in [3.63, 3.8) is 0 Å². The van der Waals surface area contributed by atoms with Crippen LogP contribution < -0.4 is 0 Å². The number of aliphatic hydroxyl groups is 1. The molecule has 170 valence electrons. The molecule has 1 aliphatic rings. The molecule has 1 N–H and O–H groups in total. The van der Waals surface area contributed by atoms with E-state index in [-0.39, 0.29) is 23.6 Å². The molecule has 0 atom stereocenters. The summed E-state index contributed by atoms with van der Waals surface area (Å²) in [5.41, 5.74) is 2.48. The van der Waals surface area contributed by atoms with Gasteiger partial charge in [-0.2, -0.15) is 0 Å². The second kappa shape index (κ2) is 9.07. The monoisotopic (exact) mass is 458 g/mol. The van der Waals surface area contributed by atoms with E-state index in [1.54, 1.807) is 38.4 Å². The summed E-state index contributed by atoms with van der Waals surface area (Å²) in [5, 5.41) is 8.62. The number of hydrogen-bond donors (Lipinski definition) is 1. The van der Waals surface area contributed by atoms with Crippen molar-refractivity contribution in [3.8, 4) is 22.6 Å². The average molecular weight is 459 g/mol. The van der Waals surface area contributed by atoms with Crippen LogP contribution in [0.25, 0.3) is 22.6 Å². The highest BCUT2D eigenvalue weighted by Crippen LogP contribution is 2.38. The Kier molecular flexibility index (Phi) is 6.39. The first-order valence-electron chi connectivity index (χ1n) is 10.8. The van der Waals surface area contributed by atoms with Gasteiger partial charge in [-0.1, -0.05) is 0 Å². The van der Waals surface area contributed by atoms with Crippen LogP contribution in [-0.4, -0.2) is 44.9 Å². The molecule has 1 aliphatic carbocycles. The minimum Gasteiger partial charge on any atom is -0.396 e. The van der Waals surface area contributed by atoms with Gasteiger partial charge in [0.15, 0.2) is 0 Å². The van der Waals surface area contributed by atoms with Crippen molar-refractivity contribution >= 4 is 9.84 Å². The van der Waals surface area contributed by atoms with Crippen molar-refractivity contribution in [1.29, 1.82) is 0 Å². The standard InChI is InChI=1S/C23H27FN4O3S/c1-15(2)32(30,31)23-25-12-11-20(27-23)22-21(17-5-7-18(24)8-6-17)26-14-28(22)19-9-3-16(13-29)4-10-19/h5-8,11-12,14-16,19,29H,3-4,9-10,13H2,1-2H3. The molecule has 0 spiro atoms. The van der Waals surface area contributed by atoms with E-state index in [0.29, 0.717) is 23.0 Å². The number of hydrogen-bond acceptors (Lipinski definition) is 6. The normalized spacial score (nSPS) is 19.4. The Labute approximate surface area is 187 Å². The van der Waals surface area contributed by atoms with Gasteiger partial charge in [0.1, 0.15) is 5.82 Å². The molecule has 1 saturated carbocycles. The largest absolute Gasteiger partial charge is 0.396 e. The Hall–Kier alpha value is -2.65. The molecule has 4 rings (SSSR count). The van der Waals surface area contributed by atoms with E-state index in [0.717, 1.165) is 31.2 Å². The Balaban J connectivity index is 1.84. The fraction of sp³-hybridized carbons (Fsp3) is 0.435. The van der Waals surface area contributed by atoms with Gasteiger partial charge in [0.25, 0.3) is 0 Å². The number of sulfone groups is 1. The fourth-order valence-electron chi connectivity index (χ4n) is 4.14. The van der Waals surface area contributed by atoms with Crippen LogP contribution in [-0.2, 0) is 9.84 Å². The summed E-state index contributed by atoms with van der Waals surface area (Å²) in [6, 6.07) is 7.88. The van der Waals surface area contributed by atoms with Gasteiger partial charge in [0, 0.05) is 24.4 Å². The number of benzene rings is 1. The Morgan fingerprint density at radius 3 is 2.41 bits per heavy atom. The highest BCUT2D eigenvalue weighted by molar-refractivity contribution is 7.91. The quantitative estimate of drug-likeness (QED) is 0.560. The van der Waals surface area contributed by atoms with Crippen LogP contribution in [0.5, 0.6) is 0 Å². The first kappa shape index (κ1) is 22.5. The zero-order valence-electron chi connectivity index (χ0n) is 18.1. The molecule has 0 bridgehead atoms. The summed E-state index contributed by atoms with van der Waals surface area (Å²) in [6.45, 7) is 3.38. The highest BCUT2D eigenvalue weighted by atomic mass is 32.2. The average Bonchev–Trinajstić information content (AvgIpc) is 3.24. The Morgan fingerprint density at radius 2 is 1.78 bits per heavy atom. The maximum atomic E-state index is 13.5. The fourth-order valence-corrected chi connectivity index (χ4v) is 4.99. The lowest BCUT2D eigenvalue weighted by molar-refractivity contribution is 0.169. The Morgan fingerprint density at radius 1 is 1.09 bits per heavy atom. The third kappa shape index (κ3) is 4.31. The van der Waals surface area contributed by atoms with Crippen LogP contribution >= 0.6 is 0 Å². The number of rotatable bonds is 6. The SMILES string of the molecule is CC(C)S(=O)(=O)c1nccc(-c2c(-c3ccc(F)cc3)ncn2C2CCC(CO)CC2)n1. The molecule has 0 saturated heterocycles. The molecule has 0 radical (unpaired) electrons. The predicted octanol–water partition coefficient (Wildman–Crippen LogP) is 4.05. The first-order chi connectivity index (χ1) is 15.3. The minimum atomic E-state index is -3.65. The second-order valence-corrected chi connectivity index (χ2v) is 10.9. The van der Waals surface area contributed by atoms with E-state index < -0.39 is 15.1 Å².